The number of likely N-dealkylation sites (tertiary alicyclic amines) is 1. The molecule has 0 aromatic heterocycles. The van der Waals surface area contributed by atoms with Gasteiger partial charge < -0.3 is 15.4 Å². The molecule has 2 amide bonds. The highest BCUT2D eigenvalue weighted by Gasteiger charge is 2.51. The average Bonchev–Trinajstić information content (AvgIpc) is 2.72. The maximum Gasteiger partial charge on any atom is 0.248 e. The van der Waals surface area contributed by atoms with E-state index in [1.54, 1.807) is 0 Å². The molecule has 2 fully saturated rings. The van der Waals surface area contributed by atoms with Crippen LogP contribution in [-0.2, 0) is 14.3 Å². The maximum atomic E-state index is 12.8. The van der Waals surface area contributed by atoms with Gasteiger partial charge in [-0.3, -0.25) is 9.59 Å². The van der Waals surface area contributed by atoms with E-state index < -0.39 is 17.4 Å². The summed E-state index contributed by atoms with van der Waals surface area (Å²) in [6.45, 7) is 0.475. The number of hydrogen-bond acceptors (Lipinski definition) is 3. The highest BCUT2D eigenvalue weighted by molar-refractivity contribution is 5.91. The summed E-state index contributed by atoms with van der Waals surface area (Å²) in [4.78, 5) is 25.4. The Labute approximate surface area is 116 Å². The smallest absolute Gasteiger partial charge is 0.248 e. The van der Waals surface area contributed by atoms with Crippen molar-refractivity contribution in [1.82, 2.24) is 4.90 Å². The zero-order chi connectivity index (χ0) is 15.0. The van der Waals surface area contributed by atoms with E-state index in [4.69, 9.17) is 10.5 Å². The summed E-state index contributed by atoms with van der Waals surface area (Å²) in [5.74, 6) is -3.81. The quantitative estimate of drug-likeness (QED) is 0.818. The standard InChI is InChI=1S/C13H20F2N2O3/c1-20-8-12(11(16)19)3-2-4-17(12)10(18)5-9-6-13(14,15)7-9/h9H,2-8H2,1H3,(H2,16,19). The molecule has 0 spiro atoms. The van der Waals surface area contributed by atoms with Crippen LogP contribution in [0.3, 0.4) is 0 Å². The Hall–Kier alpha value is -1.24. The minimum Gasteiger partial charge on any atom is -0.382 e. The zero-order valence-corrected chi connectivity index (χ0v) is 11.5. The van der Waals surface area contributed by atoms with E-state index in [1.165, 1.54) is 12.0 Å². The van der Waals surface area contributed by atoms with Gasteiger partial charge in [-0.05, 0) is 18.8 Å². The SMILES string of the molecule is COCC1(C(N)=O)CCCN1C(=O)CC1CC(F)(F)C1. The molecule has 1 aliphatic heterocycles. The summed E-state index contributed by atoms with van der Waals surface area (Å²) in [6.07, 6.45) is 0.677. The van der Waals surface area contributed by atoms with Gasteiger partial charge in [0.1, 0.15) is 5.54 Å². The summed E-state index contributed by atoms with van der Waals surface area (Å²) in [7, 11) is 1.44. The molecule has 1 unspecified atom stereocenters. The number of carbonyl (C=O) groups excluding carboxylic acids is 2. The third-order valence-corrected chi connectivity index (χ3v) is 4.27. The van der Waals surface area contributed by atoms with Crippen molar-refractivity contribution in [2.75, 3.05) is 20.3 Å². The molecule has 1 saturated heterocycles. The highest BCUT2D eigenvalue weighted by atomic mass is 19.3. The van der Waals surface area contributed by atoms with Crippen LogP contribution in [0.15, 0.2) is 0 Å². The first kappa shape index (κ1) is 15.2. The number of alkyl halides is 2. The van der Waals surface area contributed by atoms with Crippen LogP contribution in [-0.4, -0.2) is 48.4 Å². The Morgan fingerprint density at radius 2 is 2.05 bits per heavy atom. The molecule has 1 atom stereocenters. The summed E-state index contributed by atoms with van der Waals surface area (Å²) in [5.41, 5.74) is 4.32. The van der Waals surface area contributed by atoms with Crippen LogP contribution in [0.2, 0.25) is 0 Å². The van der Waals surface area contributed by atoms with Crippen LogP contribution >= 0.6 is 0 Å². The van der Waals surface area contributed by atoms with E-state index >= 15 is 0 Å². The molecule has 2 N–H and O–H groups in total. The Bertz CT molecular complexity index is 408. The van der Waals surface area contributed by atoms with Crippen molar-refractivity contribution in [3.05, 3.63) is 0 Å². The van der Waals surface area contributed by atoms with E-state index in [1.807, 2.05) is 0 Å². The van der Waals surface area contributed by atoms with Crippen LogP contribution in [0, 0.1) is 5.92 Å². The molecule has 1 saturated carbocycles. The number of methoxy groups -OCH3 is 1. The summed E-state index contributed by atoms with van der Waals surface area (Å²) in [6, 6.07) is 0. The fraction of sp³-hybridized carbons (Fsp3) is 0.846. The number of halogens is 2. The van der Waals surface area contributed by atoms with Crippen molar-refractivity contribution in [3.63, 3.8) is 0 Å². The molecule has 1 heterocycles. The second-order valence-electron chi connectivity index (χ2n) is 5.81. The number of nitrogens with zero attached hydrogens (tertiary/aromatic N) is 1. The predicted molar refractivity (Wildman–Crippen MR) is 67.0 cm³/mol. The van der Waals surface area contributed by atoms with Gasteiger partial charge in [0, 0.05) is 32.9 Å². The van der Waals surface area contributed by atoms with E-state index in [0.717, 1.165) is 0 Å². The summed E-state index contributed by atoms with van der Waals surface area (Å²) in [5, 5.41) is 0. The van der Waals surface area contributed by atoms with E-state index in [9.17, 15) is 18.4 Å². The van der Waals surface area contributed by atoms with Crippen molar-refractivity contribution in [3.8, 4) is 0 Å². The average molecular weight is 290 g/mol. The molecular weight excluding hydrogens is 270 g/mol. The lowest BCUT2D eigenvalue weighted by Gasteiger charge is -2.39. The van der Waals surface area contributed by atoms with Crippen LogP contribution < -0.4 is 5.73 Å². The van der Waals surface area contributed by atoms with Gasteiger partial charge in [-0.25, -0.2) is 8.78 Å². The van der Waals surface area contributed by atoms with Gasteiger partial charge in [0.05, 0.1) is 6.61 Å². The molecule has 2 aliphatic rings. The lowest BCUT2D eigenvalue weighted by atomic mass is 9.78. The molecule has 2 rings (SSSR count). The van der Waals surface area contributed by atoms with E-state index in [0.29, 0.717) is 19.4 Å². The normalized spacial score (nSPS) is 29.2. The minimum absolute atomic E-state index is 0.0499. The molecule has 0 aromatic rings. The number of hydrogen-bond donors (Lipinski definition) is 1. The second kappa shape index (κ2) is 5.27. The molecule has 114 valence electrons. The summed E-state index contributed by atoms with van der Waals surface area (Å²) >= 11 is 0. The number of primary amides is 1. The number of ether oxygens (including phenoxy) is 1. The van der Waals surface area contributed by atoms with Gasteiger partial charge in [-0.1, -0.05) is 0 Å². The second-order valence-corrected chi connectivity index (χ2v) is 5.81. The molecule has 7 heteroatoms. The van der Waals surface area contributed by atoms with Crippen LogP contribution in [0.4, 0.5) is 8.78 Å². The van der Waals surface area contributed by atoms with Crippen molar-refractivity contribution in [2.24, 2.45) is 11.7 Å². The van der Waals surface area contributed by atoms with Gasteiger partial charge in [-0.2, -0.15) is 0 Å². The van der Waals surface area contributed by atoms with Gasteiger partial charge >= 0.3 is 0 Å². The fourth-order valence-electron chi connectivity index (χ4n) is 3.24. The Morgan fingerprint density at radius 3 is 2.55 bits per heavy atom. The van der Waals surface area contributed by atoms with Gasteiger partial charge in [0.15, 0.2) is 0 Å². The third-order valence-electron chi connectivity index (χ3n) is 4.27. The van der Waals surface area contributed by atoms with Crippen molar-refractivity contribution < 1.29 is 23.1 Å². The lowest BCUT2D eigenvalue weighted by Crippen LogP contribution is -2.59. The van der Waals surface area contributed by atoms with Gasteiger partial charge in [0.2, 0.25) is 17.7 Å². The number of carbonyl (C=O) groups is 2. The highest BCUT2D eigenvalue weighted by Crippen LogP contribution is 2.44. The van der Waals surface area contributed by atoms with Crippen LogP contribution in [0.1, 0.15) is 32.1 Å². The van der Waals surface area contributed by atoms with Gasteiger partial charge in [-0.15, -0.1) is 0 Å². The minimum atomic E-state index is -2.64. The molecule has 0 radical (unpaired) electrons. The molecule has 0 aromatic carbocycles. The molecule has 5 nitrogen and oxygen atoms in total. The monoisotopic (exact) mass is 290 g/mol. The third kappa shape index (κ3) is 2.63. The number of amides is 2. The van der Waals surface area contributed by atoms with Crippen molar-refractivity contribution >= 4 is 11.8 Å². The number of rotatable bonds is 5. The van der Waals surface area contributed by atoms with Crippen molar-refractivity contribution in [1.29, 1.82) is 0 Å². The van der Waals surface area contributed by atoms with E-state index in [-0.39, 0.29) is 37.7 Å². The fourth-order valence-corrected chi connectivity index (χ4v) is 3.24. The first-order valence-corrected chi connectivity index (χ1v) is 6.78. The topological polar surface area (TPSA) is 72.6 Å². The molecule has 1 aliphatic carbocycles. The van der Waals surface area contributed by atoms with Crippen molar-refractivity contribution in [2.45, 2.75) is 43.6 Å². The Balaban J connectivity index is 2.02. The lowest BCUT2D eigenvalue weighted by molar-refractivity contribution is -0.153. The predicted octanol–water partition coefficient (Wildman–Crippen LogP) is 0.915. The largest absolute Gasteiger partial charge is 0.382 e. The Morgan fingerprint density at radius 1 is 1.40 bits per heavy atom. The Kier molecular flexibility index (Phi) is 4.00. The maximum absolute atomic E-state index is 12.8. The first-order chi connectivity index (χ1) is 9.31. The molecule has 20 heavy (non-hydrogen) atoms. The molecule has 0 bridgehead atoms. The summed E-state index contributed by atoms with van der Waals surface area (Å²) < 4.78 is 30.6. The van der Waals surface area contributed by atoms with Crippen LogP contribution in [0.5, 0.6) is 0 Å². The van der Waals surface area contributed by atoms with E-state index in [2.05, 4.69) is 0 Å². The molecular formula is C13H20F2N2O3. The zero-order valence-electron chi connectivity index (χ0n) is 11.5. The number of nitrogens with two attached hydrogens (primary N) is 1. The van der Waals surface area contributed by atoms with Gasteiger partial charge in [0.25, 0.3) is 0 Å². The van der Waals surface area contributed by atoms with Crippen LogP contribution in [0.25, 0.3) is 0 Å². The first-order valence-electron chi connectivity index (χ1n) is 6.78.